The van der Waals surface area contributed by atoms with E-state index >= 15 is 0 Å². The number of anilines is 2. The average Bonchev–Trinajstić information content (AvgIpc) is 2.76. The Bertz CT molecular complexity index is 1270. The molecule has 7 nitrogen and oxygen atoms in total. The minimum Gasteiger partial charge on any atom is -0.497 e. The minimum absolute atomic E-state index is 0.0287. The van der Waals surface area contributed by atoms with Gasteiger partial charge in [-0.2, -0.15) is 0 Å². The quantitative estimate of drug-likeness (QED) is 0.541. The van der Waals surface area contributed by atoms with Crippen molar-refractivity contribution in [2.75, 3.05) is 24.3 Å². The molecule has 8 heteroatoms. The van der Waals surface area contributed by atoms with Crippen molar-refractivity contribution < 1.29 is 22.7 Å². The molecular formula is C24H26N2O5S. The Hall–Kier alpha value is -3.52. The summed E-state index contributed by atoms with van der Waals surface area (Å²) in [6.07, 6.45) is 0. The number of amides is 1. The van der Waals surface area contributed by atoms with Crippen molar-refractivity contribution in [2.45, 2.75) is 25.7 Å². The minimum atomic E-state index is -3.90. The lowest BCUT2D eigenvalue weighted by atomic mass is 10.1. The third-order valence-electron chi connectivity index (χ3n) is 5.15. The molecule has 0 unspecified atom stereocenters. The summed E-state index contributed by atoms with van der Waals surface area (Å²) in [6, 6.07) is 14.9. The zero-order valence-electron chi connectivity index (χ0n) is 18.6. The largest absolute Gasteiger partial charge is 0.497 e. The molecule has 0 atom stereocenters. The first-order valence-electron chi connectivity index (χ1n) is 9.88. The number of hydrogen-bond donors (Lipinski definition) is 2. The highest BCUT2D eigenvalue weighted by Crippen LogP contribution is 2.30. The van der Waals surface area contributed by atoms with Crippen molar-refractivity contribution in [1.82, 2.24) is 0 Å². The van der Waals surface area contributed by atoms with E-state index in [-0.39, 0.29) is 10.5 Å². The number of carbonyl (C=O) groups excluding carboxylic acids is 1. The van der Waals surface area contributed by atoms with Gasteiger partial charge in [-0.1, -0.05) is 12.1 Å². The first-order valence-corrected chi connectivity index (χ1v) is 11.4. The fourth-order valence-electron chi connectivity index (χ4n) is 3.15. The van der Waals surface area contributed by atoms with Crippen molar-refractivity contribution in [3.63, 3.8) is 0 Å². The molecule has 1 amide bonds. The van der Waals surface area contributed by atoms with Crippen LogP contribution in [0.15, 0.2) is 59.5 Å². The Morgan fingerprint density at radius 3 is 2.19 bits per heavy atom. The maximum atomic E-state index is 13.1. The van der Waals surface area contributed by atoms with Crippen LogP contribution in [0.2, 0.25) is 0 Å². The van der Waals surface area contributed by atoms with Crippen molar-refractivity contribution in [3.8, 4) is 11.5 Å². The van der Waals surface area contributed by atoms with Crippen LogP contribution in [0.3, 0.4) is 0 Å². The molecule has 3 aromatic carbocycles. The number of benzene rings is 3. The van der Waals surface area contributed by atoms with Gasteiger partial charge in [-0.05, 0) is 73.9 Å². The maximum Gasteiger partial charge on any atom is 0.262 e. The Balaban J connectivity index is 1.91. The SMILES string of the molecule is COc1ccc(OC)c(NC(=O)c2ccc(C)c(S(=O)(=O)Nc3ccc(C)c(C)c3)c2)c1. The topological polar surface area (TPSA) is 93.7 Å². The van der Waals surface area contributed by atoms with Gasteiger partial charge in [0.15, 0.2) is 0 Å². The number of methoxy groups -OCH3 is 2. The third kappa shape index (κ3) is 5.03. The Morgan fingerprint density at radius 1 is 0.812 bits per heavy atom. The van der Waals surface area contributed by atoms with Gasteiger partial charge in [0.25, 0.3) is 15.9 Å². The van der Waals surface area contributed by atoms with E-state index < -0.39 is 15.9 Å². The molecule has 0 heterocycles. The molecule has 0 saturated carbocycles. The molecule has 0 saturated heterocycles. The van der Waals surface area contributed by atoms with Crippen molar-refractivity contribution in [1.29, 1.82) is 0 Å². The average molecular weight is 455 g/mol. The van der Waals surface area contributed by atoms with Gasteiger partial charge >= 0.3 is 0 Å². The van der Waals surface area contributed by atoms with Crippen LogP contribution in [-0.2, 0) is 10.0 Å². The number of nitrogens with one attached hydrogen (secondary N) is 2. The smallest absolute Gasteiger partial charge is 0.262 e. The summed E-state index contributed by atoms with van der Waals surface area (Å²) in [5, 5.41) is 2.75. The van der Waals surface area contributed by atoms with Crippen LogP contribution in [0.5, 0.6) is 11.5 Å². The van der Waals surface area contributed by atoms with Gasteiger partial charge in [-0.15, -0.1) is 0 Å². The zero-order valence-corrected chi connectivity index (χ0v) is 19.5. The van der Waals surface area contributed by atoms with E-state index in [4.69, 9.17) is 9.47 Å². The first kappa shape index (κ1) is 23.1. The van der Waals surface area contributed by atoms with Crippen LogP contribution in [-0.4, -0.2) is 28.5 Å². The summed E-state index contributed by atoms with van der Waals surface area (Å²) in [7, 11) is -0.887. The second-order valence-corrected chi connectivity index (χ2v) is 9.06. The molecular weight excluding hydrogens is 428 g/mol. The molecule has 0 fully saturated rings. The molecule has 3 aromatic rings. The number of ether oxygens (including phenoxy) is 2. The summed E-state index contributed by atoms with van der Waals surface area (Å²) in [4.78, 5) is 12.9. The predicted molar refractivity (Wildman–Crippen MR) is 125 cm³/mol. The summed E-state index contributed by atoms with van der Waals surface area (Å²) >= 11 is 0. The van der Waals surface area contributed by atoms with Gasteiger partial charge < -0.3 is 14.8 Å². The highest BCUT2D eigenvalue weighted by atomic mass is 32.2. The van der Waals surface area contributed by atoms with Crippen LogP contribution < -0.4 is 19.5 Å². The second-order valence-electron chi connectivity index (χ2n) is 7.41. The van der Waals surface area contributed by atoms with Gasteiger partial charge in [0.1, 0.15) is 11.5 Å². The van der Waals surface area contributed by atoms with Gasteiger partial charge in [0.2, 0.25) is 0 Å². The summed E-state index contributed by atoms with van der Waals surface area (Å²) in [5.41, 5.74) is 3.63. The Labute approximate surface area is 188 Å². The Kier molecular flexibility index (Phi) is 6.74. The highest BCUT2D eigenvalue weighted by molar-refractivity contribution is 7.92. The fraction of sp³-hybridized carbons (Fsp3) is 0.208. The molecule has 2 N–H and O–H groups in total. The molecule has 32 heavy (non-hydrogen) atoms. The Morgan fingerprint density at radius 2 is 1.53 bits per heavy atom. The van der Waals surface area contributed by atoms with Crippen molar-refractivity contribution >= 4 is 27.3 Å². The summed E-state index contributed by atoms with van der Waals surface area (Å²) in [6.45, 7) is 5.55. The van der Waals surface area contributed by atoms with Crippen molar-refractivity contribution in [2.24, 2.45) is 0 Å². The number of rotatable bonds is 7. The van der Waals surface area contributed by atoms with E-state index in [1.165, 1.54) is 20.3 Å². The molecule has 168 valence electrons. The van der Waals surface area contributed by atoms with E-state index in [1.54, 1.807) is 49.4 Å². The second kappa shape index (κ2) is 9.32. The van der Waals surface area contributed by atoms with Crippen LogP contribution >= 0.6 is 0 Å². The summed E-state index contributed by atoms with van der Waals surface area (Å²) in [5.74, 6) is 0.528. The number of carbonyl (C=O) groups is 1. The van der Waals surface area contributed by atoms with E-state index in [2.05, 4.69) is 10.0 Å². The molecule has 0 spiro atoms. The summed E-state index contributed by atoms with van der Waals surface area (Å²) < 4.78 is 39.2. The number of sulfonamides is 1. The lowest BCUT2D eigenvalue weighted by Gasteiger charge is -2.14. The molecule has 0 aliphatic rings. The first-order chi connectivity index (χ1) is 15.1. The molecule has 3 rings (SSSR count). The molecule has 0 radical (unpaired) electrons. The fourth-order valence-corrected chi connectivity index (χ4v) is 4.47. The molecule has 0 aliphatic heterocycles. The molecule has 0 aromatic heterocycles. The van der Waals surface area contributed by atoms with E-state index in [0.29, 0.717) is 28.4 Å². The van der Waals surface area contributed by atoms with Crippen LogP contribution in [0, 0.1) is 20.8 Å². The standard InChI is InChI=1S/C24H26N2O5S/c1-15-7-9-19(12-17(15)3)26-32(28,29)23-13-18(8-6-16(23)2)24(27)25-21-14-20(30-4)10-11-22(21)31-5/h6-14,26H,1-5H3,(H,25,27). The molecule has 0 aliphatic carbocycles. The van der Waals surface area contributed by atoms with Gasteiger partial charge in [-0.3, -0.25) is 9.52 Å². The number of aryl methyl sites for hydroxylation is 3. The zero-order chi connectivity index (χ0) is 23.5. The van der Waals surface area contributed by atoms with Crippen molar-refractivity contribution in [3.05, 3.63) is 76.9 Å². The van der Waals surface area contributed by atoms with Gasteiger partial charge in [0.05, 0.1) is 24.8 Å². The normalized spacial score (nSPS) is 11.0. The van der Waals surface area contributed by atoms with Gasteiger partial charge in [-0.25, -0.2) is 8.42 Å². The van der Waals surface area contributed by atoms with E-state index in [1.807, 2.05) is 19.9 Å². The van der Waals surface area contributed by atoms with Crippen LogP contribution in [0.1, 0.15) is 27.0 Å². The third-order valence-corrected chi connectivity index (χ3v) is 6.68. The monoisotopic (exact) mass is 454 g/mol. The highest BCUT2D eigenvalue weighted by Gasteiger charge is 2.20. The maximum absolute atomic E-state index is 13.1. The number of hydrogen-bond acceptors (Lipinski definition) is 5. The van der Waals surface area contributed by atoms with E-state index in [0.717, 1.165) is 11.1 Å². The van der Waals surface area contributed by atoms with E-state index in [9.17, 15) is 13.2 Å². The van der Waals surface area contributed by atoms with Gasteiger partial charge in [0, 0.05) is 17.3 Å². The molecule has 0 bridgehead atoms. The lowest BCUT2D eigenvalue weighted by molar-refractivity contribution is 0.102. The van der Waals surface area contributed by atoms with Crippen LogP contribution in [0.4, 0.5) is 11.4 Å². The lowest BCUT2D eigenvalue weighted by Crippen LogP contribution is -2.17. The predicted octanol–water partition coefficient (Wildman–Crippen LogP) is 4.68. The van der Waals surface area contributed by atoms with Crippen LogP contribution in [0.25, 0.3) is 0 Å².